The molecule has 158 valence electrons. The number of nitrogens with two attached hydrogens (primary N) is 1. The summed E-state index contributed by atoms with van der Waals surface area (Å²) in [6.45, 7) is 0. The molecule has 0 unspecified atom stereocenters. The Hall–Kier alpha value is -2.73. The van der Waals surface area contributed by atoms with Gasteiger partial charge in [0.05, 0.1) is 10.8 Å². The fourth-order valence-electron chi connectivity index (χ4n) is 2.48. The first-order valence-corrected chi connectivity index (χ1v) is 11.1. The van der Waals surface area contributed by atoms with Crippen LogP contribution in [-0.2, 0) is 5.75 Å². The van der Waals surface area contributed by atoms with E-state index in [2.05, 4.69) is 25.7 Å². The minimum absolute atomic E-state index is 0.183. The Kier molecular flexibility index (Phi) is 6.37. The zero-order valence-electron chi connectivity index (χ0n) is 15.4. The Morgan fingerprint density at radius 1 is 1.13 bits per heavy atom. The van der Waals surface area contributed by atoms with Crippen LogP contribution in [0.5, 0.6) is 0 Å². The number of nitrogens with zero attached hydrogens (tertiary/aromatic N) is 5. The molecular formula is C18H12Cl2FN7OS2. The van der Waals surface area contributed by atoms with E-state index in [1.54, 1.807) is 18.2 Å². The Balaban J connectivity index is 1.41. The van der Waals surface area contributed by atoms with Gasteiger partial charge < -0.3 is 11.2 Å². The molecule has 0 spiro atoms. The molecule has 0 aliphatic carbocycles. The zero-order valence-corrected chi connectivity index (χ0v) is 18.6. The van der Waals surface area contributed by atoms with E-state index in [1.165, 1.54) is 40.7 Å². The van der Waals surface area contributed by atoms with Crippen molar-refractivity contribution in [3.8, 4) is 11.4 Å². The summed E-state index contributed by atoms with van der Waals surface area (Å²) in [5.41, 5.74) is 1.06. The number of hydrogen-bond acceptors (Lipinski definition) is 8. The predicted octanol–water partition coefficient (Wildman–Crippen LogP) is 4.50. The minimum atomic E-state index is -0.429. The highest BCUT2D eigenvalue weighted by atomic mass is 35.5. The van der Waals surface area contributed by atoms with Crippen LogP contribution < -0.4 is 11.2 Å². The lowest BCUT2D eigenvalue weighted by Crippen LogP contribution is -2.11. The maximum atomic E-state index is 13.0. The first-order chi connectivity index (χ1) is 14.9. The molecule has 0 aliphatic rings. The lowest BCUT2D eigenvalue weighted by molar-refractivity contribution is 0.102. The molecule has 8 nitrogen and oxygen atoms in total. The lowest BCUT2D eigenvalue weighted by atomic mass is 10.2. The van der Waals surface area contributed by atoms with Crippen LogP contribution in [0.2, 0.25) is 10.0 Å². The molecule has 4 rings (SSSR count). The van der Waals surface area contributed by atoms with Crippen LogP contribution in [-0.4, -0.2) is 31.0 Å². The fourth-order valence-corrected chi connectivity index (χ4v) is 4.55. The van der Waals surface area contributed by atoms with Gasteiger partial charge in [-0.15, -0.1) is 20.4 Å². The summed E-state index contributed by atoms with van der Waals surface area (Å²) in [6.07, 6.45) is 0. The number of aromatic nitrogens is 5. The van der Waals surface area contributed by atoms with Crippen LogP contribution >= 0.6 is 46.3 Å². The third-order valence-electron chi connectivity index (χ3n) is 3.92. The molecule has 0 atom stereocenters. The summed E-state index contributed by atoms with van der Waals surface area (Å²) in [6, 6.07) is 10.4. The highest BCUT2D eigenvalue weighted by molar-refractivity contribution is 7.98. The van der Waals surface area contributed by atoms with Gasteiger partial charge in [0.15, 0.2) is 5.82 Å². The molecule has 31 heavy (non-hydrogen) atoms. The molecule has 0 saturated heterocycles. The molecule has 0 radical (unpaired) electrons. The quantitative estimate of drug-likeness (QED) is 0.299. The summed E-state index contributed by atoms with van der Waals surface area (Å²) in [7, 11) is 0. The molecule has 2 aromatic heterocycles. The summed E-state index contributed by atoms with van der Waals surface area (Å²) >= 11 is 14.6. The van der Waals surface area contributed by atoms with Gasteiger partial charge in [-0.2, -0.15) is 0 Å². The molecule has 4 aromatic rings. The Bertz CT molecular complexity index is 1250. The molecule has 13 heteroatoms. The van der Waals surface area contributed by atoms with Crippen LogP contribution in [0.4, 0.5) is 10.1 Å². The normalized spacial score (nSPS) is 10.9. The number of carbonyl (C=O) groups excluding carboxylic acids is 1. The number of halogens is 3. The smallest absolute Gasteiger partial charge is 0.286 e. The van der Waals surface area contributed by atoms with Crippen LogP contribution in [0.3, 0.4) is 0 Å². The number of anilines is 1. The van der Waals surface area contributed by atoms with E-state index in [9.17, 15) is 9.18 Å². The van der Waals surface area contributed by atoms with E-state index in [4.69, 9.17) is 29.0 Å². The second-order valence-electron chi connectivity index (χ2n) is 6.05. The number of carbonyl (C=O) groups is 1. The molecule has 1 amide bonds. The molecule has 0 bridgehead atoms. The van der Waals surface area contributed by atoms with Crippen molar-refractivity contribution in [2.24, 2.45) is 0 Å². The van der Waals surface area contributed by atoms with Crippen molar-refractivity contribution in [1.82, 2.24) is 25.1 Å². The first-order valence-electron chi connectivity index (χ1n) is 8.58. The third kappa shape index (κ3) is 4.96. The van der Waals surface area contributed by atoms with Crippen molar-refractivity contribution in [2.45, 2.75) is 10.9 Å². The maximum absolute atomic E-state index is 13.0. The number of hydrogen-bond donors (Lipinski definition) is 2. The fraction of sp³-hybridized carbons (Fsp3) is 0.0556. The Morgan fingerprint density at radius 3 is 2.65 bits per heavy atom. The second-order valence-corrected chi connectivity index (χ2v) is 8.90. The van der Waals surface area contributed by atoms with Crippen molar-refractivity contribution in [1.29, 1.82) is 0 Å². The van der Waals surface area contributed by atoms with Crippen LogP contribution in [0, 0.1) is 5.82 Å². The van der Waals surface area contributed by atoms with Crippen molar-refractivity contribution in [3.63, 3.8) is 0 Å². The van der Waals surface area contributed by atoms with Crippen molar-refractivity contribution in [3.05, 3.63) is 68.3 Å². The summed E-state index contributed by atoms with van der Waals surface area (Å²) in [4.78, 5) is 12.3. The second kappa shape index (κ2) is 9.18. The van der Waals surface area contributed by atoms with E-state index >= 15 is 0 Å². The molecule has 0 aliphatic heterocycles. The van der Waals surface area contributed by atoms with Crippen molar-refractivity contribution >= 4 is 57.9 Å². The van der Waals surface area contributed by atoms with Crippen molar-refractivity contribution < 1.29 is 9.18 Å². The van der Waals surface area contributed by atoms with Gasteiger partial charge in [0, 0.05) is 16.3 Å². The number of nitrogens with one attached hydrogen (secondary N) is 1. The van der Waals surface area contributed by atoms with Gasteiger partial charge in [0.2, 0.25) is 10.2 Å². The van der Waals surface area contributed by atoms with Crippen molar-refractivity contribution in [2.75, 3.05) is 11.2 Å². The molecule has 3 N–H and O–H groups in total. The number of nitrogen functional groups attached to an aromatic ring is 1. The van der Waals surface area contributed by atoms with Crippen LogP contribution in [0.1, 0.15) is 14.8 Å². The monoisotopic (exact) mass is 495 g/mol. The standard InChI is InChI=1S/C18H12Cl2FN7OS2/c19-9-1-6-12(13(20)7-9)15-25-27-18(28(15)22)30-8-14-24-26-17(31-14)16(29)23-11-4-2-10(21)3-5-11/h1-7H,8,22H2,(H,23,29). The van der Waals surface area contributed by atoms with E-state index in [1.807, 2.05) is 0 Å². The van der Waals surface area contributed by atoms with Gasteiger partial charge >= 0.3 is 0 Å². The highest BCUT2D eigenvalue weighted by Crippen LogP contribution is 2.31. The third-order valence-corrected chi connectivity index (χ3v) is 6.53. The van der Waals surface area contributed by atoms with E-state index < -0.39 is 5.91 Å². The molecule has 0 fully saturated rings. The number of rotatable bonds is 6. The summed E-state index contributed by atoms with van der Waals surface area (Å²) in [5.74, 6) is 6.07. The number of benzene rings is 2. The predicted molar refractivity (Wildman–Crippen MR) is 119 cm³/mol. The molecule has 0 saturated carbocycles. The minimum Gasteiger partial charge on any atom is -0.335 e. The largest absolute Gasteiger partial charge is 0.335 e. The number of thioether (sulfide) groups is 1. The maximum Gasteiger partial charge on any atom is 0.286 e. The first kappa shape index (κ1) is 21.5. The molecule has 2 heterocycles. The average Bonchev–Trinajstić information content (AvgIpc) is 3.35. The van der Waals surface area contributed by atoms with Gasteiger partial charge in [0.25, 0.3) is 5.91 Å². The highest BCUT2D eigenvalue weighted by Gasteiger charge is 2.17. The van der Waals surface area contributed by atoms with Crippen LogP contribution in [0.25, 0.3) is 11.4 Å². The molecular weight excluding hydrogens is 484 g/mol. The number of amides is 1. The summed E-state index contributed by atoms with van der Waals surface area (Å²) in [5, 5.41) is 20.9. The average molecular weight is 496 g/mol. The lowest BCUT2D eigenvalue weighted by Gasteiger charge is -2.05. The topological polar surface area (TPSA) is 112 Å². The van der Waals surface area contributed by atoms with Crippen LogP contribution in [0.15, 0.2) is 47.6 Å². The summed E-state index contributed by atoms with van der Waals surface area (Å²) < 4.78 is 14.3. The SMILES string of the molecule is Nn1c(SCc2nnc(C(=O)Nc3ccc(F)cc3)s2)nnc1-c1ccc(Cl)cc1Cl. The van der Waals surface area contributed by atoms with E-state index in [0.717, 1.165) is 11.3 Å². The van der Waals surface area contributed by atoms with Gasteiger partial charge in [-0.1, -0.05) is 46.3 Å². The van der Waals surface area contributed by atoms with Gasteiger partial charge in [-0.05, 0) is 42.5 Å². The van der Waals surface area contributed by atoms with E-state index in [0.29, 0.717) is 43.0 Å². The molecule has 2 aromatic carbocycles. The van der Waals surface area contributed by atoms with Gasteiger partial charge in [0.1, 0.15) is 10.8 Å². The van der Waals surface area contributed by atoms with Gasteiger partial charge in [-0.3, -0.25) is 4.79 Å². The Morgan fingerprint density at radius 2 is 1.90 bits per heavy atom. The van der Waals surface area contributed by atoms with Gasteiger partial charge in [-0.25, -0.2) is 9.07 Å². The zero-order chi connectivity index (χ0) is 22.0. The Labute approximate surface area is 193 Å². The van der Waals surface area contributed by atoms with E-state index in [-0.39, 0.29) is 10.8 Å².